The molecule has 0 bridgehead atoms. The van der Waals surface area contributed by atoms with Crippen molar-refractivity contribution in [2.45, 2.75) is 75.4 Å². The van der Waals surface area contributed by atoms with Crippen LogP contribution in [0.2, 0.25) is 10.0 Å². The molecule has 63 heavy (non-hydrogen) atoms. The van der Waals surface area contributed by atoms with Gasteiger partial charge in [-0.3, -0.25) is 14.5 Å². The van der Waals surface area contributed by atoms with E-state index in [4.69, 9.17) is 53.6 Å². The quantitative estimate of drug-likeness (QED) is 0.0141. The minimum absolute atomic E-state index is 0.00604. The lowest BCUT2D eigenvalue weighted by molar-refractivity contribution is -0.525. The van der Waals surface area contributed by atoms with E-state index in [1.54, 1.807) is 78.2 Å². The summed E-state index contributed by atoms with van der Waals surface area (Å²) in [5, 5.41) is 16.1. The van der Waals surface area contributed by atoms with Gasteiger partial charge in [0.25, 0.3) is 11.9 Å². The number of guanidine groups is 1. The molecule has 3 aromatic carbocycles. The fourth-order valence-electron chi connectivity index (χ4n) is 6.49. The second-order valence-electron chi connectivity index (χ2n) is 14.2. The van der Waals surface area contributed by atoms with Gasteiger partial charge in [0.1, 0.15) is 37.1 Å². The Morgan fingerprint density at radius 2 is 1.62 bits per heavy atom. The third kappa shape index (κ3) is 15.5. The first-order chi connectivity index (χ1) is 30.2. The van der Waals surface area contributed by atoms with Crippen LogP contribution in [0.4, 0.5) is 4.79 Å². The van der Waals surface area contributed by atoms with Crippen LogP contribution < -0.4 is 32.3 Å². The first kappa shape index (κ1) is 49.2. The Balaban J connectivity index is 1.54. The summed E-state index contributed by atoms with van der Waals surface area (Å²) in [5.41, 5.74) is 15.6. The molecule has 1 saturated heterocycles. The average Bonchev–Trinajstić information content (AvgIpc) is 3.76. The van der Waals surface area contributed by atoms with Crippen LogP contribution >= 0.6 is 23.2 Å². The van der Waals surface area contributed by atoms with Crippen LogP contribution in [0.5, 0.6) is 5.75 Å². The number of likely N-dealkylation sites (tertiary alicyclic amines) is 1. The number of methoxy groups -OCH3 is 1. The lowest BCUT2D eigenvalue weighted by atomic mass is 10.0. The number of rotatable bonds is 22. The van der Waals surface area contributed by atoms with Crippen LogP contribution in [-0.2, 0) is 52.8 Å². The number of benzene rings is 3. The van der Waals surface area contributed by atoms with Gasteiger partial charge in [0.05, 0.1) is 13.2 Å². The molecule has 3 aromatic rings. The topological polar surface area (TPSA) is 269 Å². The Morgan fingerprint density at radius 1 is 0.968 bits per heavy atom. The van der Waals surface area contributed by atoms with Crippen LogP contribution in [0, 0.1) is 10.1 Å². The first-order valence-corrected chi connectivity index (χ1v) is 20.5. The lowest BCUT2D eigenvalue weighted by Crippen LogP contribution is -2.58. The number of aliphatic imine (C=N–C) groups is 1. The summed E-state index contributed by atoms with van der Waals surface area (Å²) in [5.74, 6) is -3.39. The summed E-state index contributed by atoms with van der Waals surface area (Å²) in [4.78, 5) is 83.6. The first-order valence-electron chi connectivity index (χ1n) is 19.8. The molecule has 19 nitrogen and oxygen atoms in total. The summed E-state index contributed by atoms with van der Waals surface area (Å²) in [6.07, 6.45) is -0.393. The number of nitro groups is 1. The smallest absolute Gasteiger partial charge is 0.410 e. The van der Waals surface area contributed by atoms with Gasteiger partial charge in [-0.2, -0.15) is 0 Å². The van der Waals surface area contributed by atoms with Gasteiger partial charge in [-0.15, -0.1) is 0 Å². The zero-order chi connectivity index (χ0) is 45.9. The number of carbonyl (C=O) groups is 5. The van der Waals surface area contributed by atoms with Crippen LogP contribution in [0.25, 0.3) is 0 Å². The molecule has 5 atom stereocenters. The van der Waals surface area contributed by atoms with E-state index in [0.29, 0.717) is 38.9 Å². The highest BCUT2D eigenvalue weighted by atomic mass is 35.5. The summed E-state index contributed by atoms with van der Waals surface area (Å²) in [6.45, 7) is 3.67. The van der Waals surface area contributed by atoms with Crippen molar-refractivity contribution in [2.24, 2.45) is 16.5 Å². The summed E-state index contributed by atoms with van der Waals surface area (Å²) in [6, 6.07) is 15.8. The van der Waals surface area contributed by atoms with Crippen LogP contribution in [0.3, 0.4) is 0 Å². The number of esters is 2. The number of ether oxygens (including phenoxy) is 4. The predicted octanol–water partition coefficient (Wildman–Crippen LogP) is 3.40. The molecule has 0 aromatic heterocycles. The van der Waals surface area contributed by atoms with E-state index in [-0.39, 0.29) is 58.4 Å². The molecule has 4 rings (SSSR count). The van der Waals surface area contributed by atoms with E-state index in [9.17, 15) is 34.1 Å². The summed E-state index contributed by atoms with van der Waals surface area (Å²) in [7, 11) is 1.17. The normalized spacial score (nSPS) is 15.5. The highest BCUT2D eigenvalue weighted by Crippen LogP contribution is 2.26. The molecule has 7 N–H and O–H groups in total. The Hall–Kier alpha value is -6.44. The monoisotopic (exact) mass is 912 g/mol. The molecule has 3 amide bonds. The third-order valence-corrected chi connectivity index (χ3v) is 10.4. The van der Waals surface area contributed by atoms with Crippen molar-refractivity contribution in [3.8, 4) is 5.75 Å². The molecule has 0 saturated carbocycles. The highest BCUT2D eigenvalue weighted by Gasteiger charge is 2.40. The van der Waals surface area contributed by atoms with Gasteiger partial charge < -0.3 is 41.0 Å². The number of halogens is 2. The molecule has 0 radical (unpaired) electrons. The summed E-state index contributed by atoms with van der Waals surface area (Å²) < 4.78 is 21.8. The minimum Gasteiger partial charge on any atom is -0.489 e. The van der Waals surface area contributed by atoms with Gasteiger partial charge >= 0.3 is 18.0 Å². The lowest BCUT2D eigenvalue weighted by Gasteiger charge is -2.29. The summed E-state index contributed by atoms with van der Waals surface area (Å²) >= 11 is 12.5. The maximum absolute atomic E-state index is 14.2. The molecular formula is C42H50Cl2N8O11. The van der Waals surface area contributed by atoms with Crippen molar-refractivity contribution in [2.75, 3.05) is 26.8 Å². The number of nitrogens with one attached hydrogen (secondary N) is 3. The van der Waals surface area contributed by atoms with E-state index in [2.05, 4.69) is 22.2 Å². The van der Waals surface area contributed by atoms with Crippen LogP contribution in [-0.4, -0.2) is 103 Å². The SMILES string of the molecule is C=CCOC(=O)N1CCC[C@H]1C(=O)OC(C(=O)N[C@H](Cc1ccccc1)C(=O)N[C@@H](Cc1ccc(OCc2c(Cl)cccc2Cl)cc1)C(=O)OC)[C@@H](N)CCCN=C(N)N[N+](=O)[O-]. The van der Waals surface area contributed by atoms with Gasteiger partial charge in [-0.25, -0.2) is 29.5 Å². The molecule has 1 unspecified atom stereocenters. The molecule has 21 heteroatoms. The second-order valence-corrected chi connectivity index (χ2v) is 15.0. The maximum atomic E-state index is 14.2. The van der Waals surface area contributed by atoms with Gasteiger partial charge in [0.2, 0.25) is 5.91 Å². The van der Waals surface area contributed by atoms with Gasteiger partial charge in [0.15, 0.2) is 11.1 Å². The number of amides is 3. The minimum atomic E-state index is -1.71. The van der Waals surface area contributed by atoms with Gasteiger partial charge in [-0.05, 0) is 61.1 Å². The zero-order valence-corrected chi connectivity index (χ0v) is 35.9. The molecule has 1 fully saturated rings. The number of hydrogen-bond donors (Lipinski definition) is 5. The Labute approximate surface area is 373 Å². The molecule has 1 aliphatic heterocycles. The molecule has 338 valence electrons. The van der Waals surface area contributed by atoms with Crippen molar-refractivity contribution in [1.29, 1.82) is 0 Å². The zero-order valence-electron chi connectivity index (χ0n) is 34.4. The van der Waals surface area contributed by atoms with Crippen molar-refractivity contribution >= 4 is 59.0 Å². The van der Waals surface area contributed by atoms with Crippen molar-refractivity contribution < 1.29 is 48.0 Å². The predicted molar refractivity (Wildman–Crippen MR) is 232 cm³/mol. The fraction of sp³-hybridized carbons (Fsp3) is 0.381. The maximum Gasteiger partial charge on any atom is 0.410 e. The van der Waals surface area contributed by atoms with E-state index >= 15 is 0 Å². The number of hydrazine groups is 1. The Kier molecular flexibility index (Phi) is 19.4. The van der Waals surface area contributed by atoms with E-state index in [1.165, 1.54) is 18.1 Å². The average molecular weight is 914 g/mol. The molecule has 1 aliphatic rings. The fourth-order valence-corrected chi connectivity index (χ4v) is 7.00. The molecule has 0 spiro atoms. The van der Waals surface area contributed by atoms with Crippen LogP contribution in [0.15, 0.2) is 90.4 Å². The van der Waals surface area contributed by atoms with Crippen molar-refractivity contribution in [3.05, 3.63) is 122 Å². The number of nitrogens with two attached hydrogens (primary N) is 2. The molecular weight excluding hydrogens is 863 g/mol. The highest BCUT2D eigenvalue weighted by molar-refractivity contribution is 6.35. The molecule has 0 aliphatic carbocycles. The van der Waals surface area contributed by atoms with E-state index in [1.807, 2.05) is 0 Å². The van der Waals surface area contributed by atoms with Crippen molar-refractivity contribution in [1.82, 2.24) is 21.0 Å². The van der Waals surface area contributed by atoms with Gasteiger partial charge in [0, 0.05) is 41.5 Å². The van der Waals surface area contributed by atoms with Gasteiger partial charge in [-0.1, -0.05) is 89.8 Å². The van der Waals surface area contributed by atoms with E-state index < -0.39 is 71.1 Å². The Morgan fingerprint density at radius 3 is 2.27 bits per heavy atom. The second kappa shape index (κ2) is 24.9. The number of carbonyl (C=O) groups excluding carboxylic acids is 5. The Bertz CT molecular complexity index is 2070. The van der Waals surface area contributed by atoms with Crippen molar-refractivity contribution in [3.63, 3.8) is 0 Å². The standard InChI is InChI=1S/C42H50Cl2N8O11/c1-3-22-61-42(57)51-21-9-15-35(51)40(56)63-36(32(45)14-8-20-47-41(46)50-52(58)59)38(54)48-33(23-26-10-5-4-6-11-26)37(53)49-34(39(55)60-2)24-27-16-18-28(19-17-27)62-25-29-30(43)12-7-13-31(29)44/h3-7,10-13,16-19,32-36H,1,8-9,14-15,20-25,45H2,2H3,(H,48,54)(H,49,53)(H3,46,47,50)/t32-,33+,34-,35-,36?/m0/s1. The molecule has 1 heterocycles. The van der Waals surface area contributed by atoms with E-state index in [0.717, 1.165) is 0 Å². The van der Waals surface area contributed by atoms with Crippen LogP contribution in [0.1, 0.15) is 42.4 Å². The largest absolute Gasteiger partial charge is 0.489 e. The number of hydrogen-bond acceptors (Lipinski definition) is 13. The third-order valence-electron chi connectivity index (χ3n) is 9.68. The number of nitrogens with zero attached hydrogens (tertiary/aromatic N) is 3.